The molecule has 1 aromatic heterocycles. The van der Waals surface area contributed by atoms with E-state index >= 15 is 0 Å². The van der Waals surface area contributed by atoms with E-state index in [0.717, 1.165) is 11.3 Å². The molecule has 0 saturated carbocycles. The van der Waals surface area contributed by atoms with Crippen molar-refractivity contribution in [2.24, 2.45) is 5.41 Å². The third-order valence-corrected chi connectivity index (χ3v) is 3.57. The van der Waals surface area contributed by atoms with Crippen LogP contribution in [-0.2, 0) is 10.3 Å². The zero-order valence-corrected chi connectivity index (χ0v) is 12.1. The maximum Gasteiger partial charge on any atom is 0.139 e. The van der Waals surface area contributed by atoms with Crippen LogP contribution in [0.5, 0.6) is 0 Å². The summed E-state index contributed by atoms with van der Waals surface area (Å²) in [5, 5.41) is 0. The smallest absolute Gasteiger partial charge is 0.139 e. The Morgan fingerprint density at radius 1 is 0.895 bits per heavy atom. The molecule has 0 radical (unpaired) electrons. The van der Waals surface area contributed by atoms with E-state index < -0.39 is 5.60 Å². The van der Waals surface area contributed by atoms with Crippen molar-refractivity contribution in [3.63, 3.8) is 0 Å². The highest BCUT2D eigenvalue weighted by Crippen LogP contribution is 2.46. The van der Waals surface area contributed by atoms with Gasteiger partial charge in [0.2, 0.25) is 0 Å². The van der Waals surface area contributed by atoms with E-state index in [1.165, 1.54) is 0 Å². The lowest BCUT2D eigenvalue weighted by Gasteiger charge is -2.43. The minimum absolute atomic E-state index is 0.114. The van der Waals surface area contributed by atoms with Crippen LogP contribution in [0.4, 0.5) is 0 Å². The zero-order valence-electron chi connectivity index (χ0n) is 12.1. The lowest BCUT2D eigenvalue weighted by atomic mass is 9.70. The van der Waals surface area contributed by atoms with Crippen LogP contribution in [0.15, 0.2) is 54.7 Å². The molecule has 100 valence electrons. The fourth-order valence-electron chi connectivity index (χ4n) is 2.74. The average Bonchev–Trinajstić information content (AvgIpc) is 2.41. The van der Waals surface area contributed by atoms with E-state index in [4.69, 9.17) is 4.74 Å². The Morgan fingerprint density at radius 2 is 1.53 bits per heavy atom. The molecular weight excluding hydrogens is 234 g/mol. The molecule has 0 aliphatic carbocycles. The largest absolute Gasteiger partial charge is 0.367 e. The second-order valence-electron chi connectivity index (χ2n) is 5.72. The molecule has 0 aliphatic heterocycles. The highest BCUT2D eigenvalue weighted by molar-refractivity contribution is 5.35. The number of pyridine rings is 1. The van der Waals surface area contributed by atoms with Crippen LogP contribution >= 0.6 is 0 Å². The Bertz CT molecular complexity index is 474. The predicted octanol–water partition coefficient (Wildman–Crippen LogP) is 4.02. The summed E-state index contributed by atoms with van der Waals surface area (Å²) in [6.07, 6.45) is 1.82. The van der Waals surface area contributed by atoms with E-state index in [2.05, 4.69) is 37.9 Å². The Hall–Kier alpha value is -1.67. The fourth-order valence-corrected chi connectivity index (χ4v) is 2.74. The summed E-state index contributed by atoms with van der Waals surface area (Å²) in [4.78, 5) is 4.54. The summed E-state index contributed by atoms with van der Waals surface area (Å²) < 4.78 is 6.01. The summed E-state index contributed by atoms with van der Waals surface area (Å²) in [5.41, 5.74) is 1.41. The molecule has 0 aliphatic rings. The van der Waals surface area contributed by atoms with Crippen LogP contribution < -0.4 is 0 Å². The molecule has 1 unspecified atom stereocenters. The van der Waals surface area contributed by atoms with Gasteiger partial charge in [-0.3, -0.25) is 4.98 Å². The molecular formula is C17H21NO. The number of ether oxygens (including phenoxy) is 1. The van der Waals surface area contributed by atoms with Crippen molar-refractivity contribution >= 4 is 0 Å². The zero-order chi connectivity index (χ0) is 13.9. The lowest BCUT2D eigenvalue weighted by molar-refractivity contribution is -0.0677. The molecule has 2 nitrogen and oxygen atoms in total. The van der Waals surface area contributed by atoms with Crippen molar-refractivity contribution in [1.82, 2.24) is 4.98 Å². The van der Waals surface area contributed by atoms with E-state index in [0.29, 0.717) is 0 Å². The maximum absolute atomic E-state index is 6.01. The standard InChI is InChI=1S/C17H21NO/c1-16(2,3)17(19-4,14-10-6-5-7-11-14)15-12-8-9-13-18-15/h5-13H,1-4H3. The van der Waals surface area contributed by atoms with Crippen molar-refractivity contribution in [2.45, 2.75) is 26.4 Å². The maximum atomic E-state index is 6.01. The normalized spacial score (nSPS) is 14.9. The minimum Gasteiger partial charge on any atom is -0.367 e. The summed E-state index contributed by atoms with van der Waals surface area (Å²) in [5.74, 6) is 0. The molecule has 1 aromatic carbocycles. The van der Waals surface area contributed by atoms with Gasteiger partial charge in [0.25, 0.3) is 0 Å². The number of nitrogens with zero attached hydrogens (tertiary/aromatic N) is 1. The van der Waals surface area contributed by atoms with Gasteiger partial charge in [-0.05, 0) is 17.7 Å². The summed E-state index contributed by atoms with van der Waals surface area (Å²) in [6, 6.07) is 16.3. The number of benzene rings is 1. The van der Waals surface area contributed by atoms with Crippen molar-refractivity contribution in [3.05, 3.63) is 66.0 Å². The molecule has 19 heavy (non-hydrogen) atoms. The van der Waals surface area contributed by atoms with Crippen molar-refractivity contribution < 1.29 is 4.74 Å². The topological polar surface area (TPSA) is 22.1 Å². The summed E-state index contributed by atoms with van der Waals surface area (Å²) >= 11 is 0. The highest BCUT2D eigenvalue weighted by Gasteiger charge is 2.46. The van der Waals surface area contributed by atoms with Crippen LogP contribution in [0.25, 0.3) is 0 Å². The lowest BCUT2D eigenvalue weighted by Crippen LogP contribution is -2.43. The van der Waals surface area contributed by atoms with E-state index in [1.807, 2.05) is 42.6 Å². The molecule has 0 bridgehead atoms. The van der Waals surface area contributed by atoms with Gasteiger partial charge in [0.05, 0.1) is 5.69 Å². The quantitative estimate of drug-likeness (QED) is 0.826. The molecule has 2 aromatic rings. The molecule has 1 heterocycles. The second-order valence-corrected chi connectivity index (χ2v) is 5.72. The van der Waals surface area contributed by atoms with Gasteiger partial charge in [-0.1, -0.05) is 57.2 Å². The molecule has 0 amide bonds. The number of hydrogen-bond donors (Lipinski definition) is 0. The highest BCUT2D eigenvalue weighted by atomic mass is 16.5. The minimum atomic E-state index is -0.546. The van der Waals surface area contributed by atoms with Gasteiger partial charge in [0, 0.05) is 18.7 Å². The van der Waals surface area contributed by atoms with E-state index in [9.17, 15) is 0 Å². The first kappa shape index (κ1) is 13.8. The SMILES string of the molecule is COC(c1ccccc1)(c1ccccn1)C(C)(C)C. The summed E-state index contributed by atoms with van der Waals surface area (Å²) in [6.45, 7) is 6.54. The second kappa shape index (κ2) is 5.14. The number of hydrogen-bond acceptors (Lipinski definition) is 2. The molecule has 1 atom stereocenters. The monoisotopic (exact) mass is 255 g/mol. The Labute approximate surface area is 115 Å². The van der Waals surface area contributed by atoms with Gasteiger partial charge in [0.1, 0.15) is 5.60 Å². The number of aromatic nitrogens is 1. The van der Waals surface area contributed by atoms with Crippen LogP contribution in [0.2, 0.25) is 0 Å². The van der Waals surface area contributed by atoms with Crippen molar-refractivity contribution in [3.8, 4) is 0 Å². The molecule has 2 rings (SSSR count). The predicted molar refractivity (Wildman–Crippen MR) is 77.9 cm³/mol. The van der Waals surface area contributed by atoms with Crippen LogP contribution in [0.1, 0.15) is 32.0 Å². The Balaban J connectivity index is 2.70. The number of rotatable bonds is 3. The Morgan fingerprint density at radius 3 is 2.00 bits per heavy atom. The first-order chi connectivity index (χ1) is 9.02. The third kappa shape index (κ3) is 2.28. The molecule has 0 saturated heterocycles. The average molecular weight is 255 g/mol. The van der Waals surface area contributed by atoms with Crippen LogP contribution in [-0.4, -0.2) is 12.1 Å². The third-order valence-electron chi connectivity index (χ3n) is 3.57. The molecule has 0 N–H and O–H groups in total. The van der Waals surface area contributed by atoms with Crippen LogP contribution in [0.3, 0.4) is 0 Å². The molecule has 2 heteroatoms. The van der Waals surface area contributed by atoms with Gasteiger partial charge >= 0.3 is 0 Å². The molecule has 0 spiro atoms. The van der Waals surface area contributed by atoms with Crippen LogP contribution in [0, 0.1) is 5.41 Å². The van der Waals surface area contributed by atoms with Gasteiger partial charge in [-0.25, -0.2) is 0 Å². The van der Waals surface area contributed by atoms with Gasteiger partial charge in [-0.2, -0.15) is 0 Å². The Kier molecular flexibility index (Phi) is 3.72. The van der Waals surface area contributed by atoms with Gasteiger partial charge in [-0.15, -0.1) is 0 Å². The van der Waals surface area contributed by atoms with Crippen molar-refractivity contribution in [2.75, 3.05) is 7.11 Å². The first-order valence-corrected chi connectivity index (χ1v) is 6.54. The number of methoxy groups -OCH3 is 1. The molecule has 0 fully saturated rings. The van der Waals surface area contributed by atoms with E-state index in [-0.39, 0.29) is 5.41 Å². The van der Waals surface area contributed by atoms with E-state index in [1.54, 1.807) is 7.11 Å². The van der Waals surface area contributed by atoms with Gasteiger partial charge < -0.3 is 4.74 Å². The van der Waals surface area contributed by atoms with Crippen molar-refractivity contribution in [1.29, 1.82) is 0 Å². The fraction of sp³-hybridized carbons (Fsp3) is 0.353. The van der Waals surface area contributed by atoms with Gasteiger partial charge in [0.15, 0.2) is 0 Å². The first-order valence-electron chi connectivity index (χ1n) is 6.54. The summed E-state index contributed by atoms with van der Waals surface area (Å²) in [7, 11) is 1.76.